The molecule has 0 saturated carbocycles. The van der Waals surface area contributed by atoms with E-state index in [4.69, 9.17) is 14.0 Å². The maximum atomic E-state index is 13.4. The van der Waals surface area contributed by atoms with Crippen molar-refractivity contribution in [1.29, 1.82) is 0 Å². The molecule has 0 unspecified atom stereocenters. The van der Waals surface area contributed by atoms with Gasteiger partial charge in [0, 0.05) is 24.7 Å². The first-order valence-electron chi connectivity index (χ1n) is 10.4. The third kappa shape index (κ3) is 5.35. The molecule has 0 spiro atoms. The van der Waals surface area contributed by atoms with Gasteiger partial charge in [-0.05, 0) is 47.7 Å². The SMILES string of the molecule is COc1ccc(/C=C2\SC(=O)N(CCNC(=O)c3cc(-c4cccc(F)c4)no3)C2=O)cc1OC. The van der Waals surface area contributed by atoms with E-state index in [2.05, 4.69) is 10.5 Å². The lowest BCUT2D eigenvalue weighted by Gasteiger charge is -2.12. The number of amides is 3. The number of carbonyl (C=O) groups excluding carboxylic acids is 3. The van der Waals surface area contributed by atoms with Crippen molar-refractivity contribution in [2.45, 2.75) is 0 Å². The first-order chi connectivity index (χ1) is 16.9. The summed E-state index contributed by atoms with van der Waals surface area (Å²) in [5.74, 6) is -0.509. The second-order valence-corrected chi connectivity index (χ2v) is 8.28. The number of hydrogen-bond acceptors (Lipinski definition) is 8. The Kier molecular flexibility index (Phi) is 7.16. The minimum atomic E-state index is -0.576. The zero-order chi connectivity index (χ0) is 24.9. The van der Waals surface area contributed by atoms with Gasteiger partial charge in [-0.3, -0.25) is 19.3 Å². The van der Waals surface area contributed by atoms with E-state index >= 15 is 0 Å². The van der Waals surface area contributed by atoms with Gasteiger partial charge in [0.05, 0.1) is 19.1 Å². The Morgan fingerprint density at radius 1 is 1.14 bits per heavy atom. The van der Waals surface area contributed by atoms with Crippen LogP contribution in [0.4, 0.5) is 9.18 Å². The van der Waals surface area contributed by atoms with Crippen molar-refractivity contribution in [3.63, 3.8) is 0 Å². The molecular weight excluding hydrogens is 477 g/mol. The average Bonchev–Trinajstić information content (AvgIpc) is 3.45. The molecule has 180 valence electrons. The Labute approximate surface area is 203 Å². The van der Waals surface area contributed by atoms with Crippen molar-refractivity contribution < 1.29 is 32.8 Å². The highest BCUT2D eigenvalue weighted by atomic mass is 32.2. The van der Waals surface area contributed by atoms with Crippen LogP contribution in [0.5, 0.6) is 11.5 Å². The Hall–Kier alpha value is -4.12. The van der Waals surface area contributed by atoms with Gasteiger partial charge in [-0.25, -0.2) is 4.39 Å². The van der Waals surface area contributed by atoms with Crippen molar-refractivity contribution in [1.82, 2.24) is 15.4 Å². The predicted octanol–water partition coefficient (Wildman–Crippen LogP) is 3.96. The highest BCUT2D eigenvalue weighted by molar-refractivity contribution is 8.18. The molecule has 4 rings (SSSR count). The summed E-state index contributed by atoms with van der Waals surface area (Å²) in [4.78, 5) is 38.7. The molecule has 3 amide bonds. The van der Waals surface area contributed by atoms with Gasteiger partial charge in [-0.15, -0.1) is 0 Å². The Morgan fingerprint density at radius 2 is 1.94 bits per heavy atom. The van der Waals surface area contributed by atoms with E-state index in [0.717, 1.165) is 16.7 Å². The van der Waals surface area contributed by atoms with Crippen molar-refractivity contribution >= 4 is 34.9 Å². The number of imide groups is 1. The van der Waals surface area contributed by atoms with E-state index in [1.54, 1.807) is 30.3 Å². The van der Waals surface area contributed by atoms with Crippen molar-refractivity contribution in [2.24, 2.45) is 0 Å². The molecule has 2 aromatic carbocycles. The molecule has 1 aliphatic heterocycles. The first-order valence-corrected chi connectivity index (χ1v) is 11.2. The molecule has 35 heavy (non-hydrogen) atoms. The zero-order valence-electron chi connectivity index (χ0n) is 18.7. The lowest BCUT2D eigenvalue weighted by Crippen LogP contribution is -2.37. The third-order valence-electron chi connectivity index (χ3n) is 5.05. The summed E-state index contributed by atoms with van der Waals surface area (Å²) in [6.07, 6.45) is 1.59. The number of methoxy groups -OCH3 is 2. The minimum Gasteiger partial charge on any atom is -0.493 e. The molecule has 11 heteroatoms. The van der Waals surface area contributed by atoms with Gasteiger partial charge in [-0.2, -0.15) is 0 Å². The molecule has 0 aliphatic carbocycles. The van der Waals surface area contributed by atoms with E-state index in [1.807, 2.05) is 0 Å². The van der Waals surface area contributed by atoms with Gasteiger partial charge < -0.3 is 19.3 Å². The topological polar surface area (TPSA) is 111 Å². The first kappa shape index (κ1) is 24.0. The van der Waals surface area contributed by atoms with Crippen molar-refractivity contribution in [3.05, 3.63) is 70.6 Å². The molecular formula is C24H20FN3O6S. The van der Waals surface area contributed by atoms with Gasteiger partial charge in [0.25, 0.3) is 17.1 Å². The molecule has 3 aromatic rings. The predicted molar refractivity (Wildman–Crippen MR) is 126 cm³/mol. The fourth-order valence-corrected chi connectivity index (χ4v) is 4.19. The third-order valence-corrected chi connectivity index (χ3v) is 5.96. The van der Waals surface area contributed by atoms with Crippen LogP contribution in [0.1, 0.15) is 16.1 Å². The van der Waals surface area contributed by atoms with E-state index in [0.29, 0.717) is 28.3 Å². The smallest absolute Gasteiger partial charge is 0.293 e. The summed E-state index contributed by atoms with van der Waals surface area (Å²) in [5, 5.41) is 5.93. The molecule has 0 bridgehead atoms. The molecule has 1 N–H and O–H groups in total. The summed E-state index contributed by atoms with van der Waals surface area (Å²) in [5.41, 5.74) is 1.44. The zero-order valence-corrected chi connectivity index (χ0v) is 19.6. The summed E-state index contributed by atoms with van der Waals surface area (Å²) < 4.78 is 28.9. The molecule has 1 aromatic heterocycles. The fraction of sp³-hybridized carbons (Fsp3) is 0.167. The highest BCUT2D eigenvalue weighted by Gasteiger charge is 2.34. The number of nitrogens with one attached hydrogen (secondary N) is 1. The van der Waals surface area contributed by atoms with Gasteiger partial charge in [0.2, 0.25) is 5.76 Å². The molecule has 0 radical (unpaired) electrons. The van der Waals surface area contributed by atoms with Gasteiger partial charge in [-0.1, -0.05) is 23.4 Å². The maximum Gasteiger partial charge on any atom is 0.293 e. The summed E-state index contributed by atoms with van der Waals surface area (Å²) >= 11 is 0.812. The maximum absolute atomic E-state index is 13.4. The van der Waals surface area contributed by atoms with Crippen LogP contribution < -0.4 is 14.8 Å². The average molecular weight is 498 g/mol. The lowest BCUT2D eigenvalue weighted by atomic mass is 10.1. The number of thioether (sulfide) groups is 1. The van der Waals surface area contributed by atoms with Gasteiger partial charge in [0.1, 0.15) is 11.5 Å². The number of rotatable bonds is 8. The number of hydrogen-bond donors (Lipinski definition) is 1. The molecule has 2 heterocycles. The summed E-state index contributed by atoms with van der Waals surface area (Å²) in [6.45, 7) is -0.0128. The normalized spacial score (nSPS) is 14.5. The lowest BCUT2D eigenvalue weighted by molar-refractivity contribution is -0.122. The Balaban J connectivity index is 1.36. The molecule has 1 aliphatic rings. The Morgan fingerprint density at radius 3 is 2.69 bits per heavy atom. The van der Waals surface area contributed by atoms with E-state index < -0.39 is 22.9 Å². The van der Waals surface area contributed by atoms with E-state index in [-0.39, 0.29) is 23.8 Å². The molecule has 1 fully saturated rings. The van der Waals surface area contributed by atoms with Crippen LogP contribution in [0.3, 0.4) is 0 Å². The van der Waals surface area contributed by atoms with Crippen LogP contribution >= 0.6 is 11.8 Å². The van der Waals surface area contributed by atoms with Crippen LogP contribution in [0.2, 0.25) is 0 Å². The largest absolute Gasteiger partial charge is 0.493 e. The van der Waals surface area contributed by atoms with Crippen molar-refractivity contribution in [2.75, 3.05) is 27.3 Å². The van der Waals surface area contributed by atoms with Gasteiger partial charge in [0.15, 0.2) is 11.5 Å². The van der Waals surface area contributed by atoms with Crippen LogP contribution in [0.25, 0.3) is 17.3 Å². The number of benzene rings is 2. The number of aromatic nitrogens is 1. The highest BCUT2D eigenvalue weighted by Crippen LogP contribution is 2.34. The van der Waals surface area contributed by atoms with Crippen LogP contribution in [0.15, 0.2) is 58.0 Å². The van der Waals surface area contributed by atoms with Gasteiger partial charge >= 0.3 is 0 Å². The number of carbonyl (C=O) groups is 3. The van der Waals surface area contributed by atoms with Crippen molar-refractivity contribution in [3.8, 4) is 22.8 Å². The second kappa shape index (κ2) is 10.4. The minimum absolute atomic E-state index is 0.0104. The van der Waals surface area contributed by atoms with Crippen LogP contribution in [-0.2, 0) is 4.79 Å². The second-order valence-electron chi connectivity index (χ2n) is 7.29. The molecule has 1 saturated heterocycles. The number of ether oxygens (including phenoxy) is 2. The number of halogens is 1. The Bertz CT molecular complexity index is 1320. The molecule has 9 nitrogen and oxygen atoms in total. The standard InChI is InChI=1S/C24H20FN3O6S/c1-32-18-7-6-14(10-19(18)33-2)11-21-23(30)28(24(31)35-21)9-8-26-22(29)20-13-17(27-34-20)15-4-3-5-16(25)12-15/h3-7,10-13H,8-9H2,1-2H3,(H,26,29)/b21-11-. The fourth-order valence-electron chi connectivity index (χ4n) is 3.32. The van der Waals surface area contributed by atoms with Crippen LogP contribution in [-0.4, -0.2) is 54.4 Å². The van der Waals surface area contributed by atoms with Crippen LogP contribution in [0, 0.1) is 5.82 Å². The number of nitrogens with zero attached hydrogens (tertiary/aromatic N) is 2. The summed E-state index contributed by atoms with van der Waals surface area (Å²) in [7, 11) is 3.03. The quantitative estimate of drug-likeness (QED) is 0.466. The monoisotopic (exact) mass is 497 g/mol. The molecule has 0 atom stereocenters. The summed E-state index contributed by atoms with van der Waals surface area (Å²) in [6, 6.07) is 12.3. The van der Waals surface area contributed by atoms with E-state index in [9.17, 15) is 18.8 Å². The van der Waals surface area contributed by atoms with E-state index in [1.165, 1.54) is 38.5 Å².